The van der Waals surface area contributed by atoms with E-state index in [2.05, 4.69) is 17.2 Å². The van der Waals surface area contributed by atoms with Crippen molar-refractivity contribution in [2.24, 2.45) is 13.0 Å². The molecule has 0 saturated heterocycles. The lowest BCUT2D eigenvalue weighted by Crippen LogP contribution is -2.46. The monoisotopic (exact) mass is 265 g/mol. The highest BCUT2D eigenvalue weighted by atomic mass is 16.5. The van der Waals surface area contributed by atoms with Gasteiger partial charge in [-0.3, -0.25) is 9.48 Å². The molecule has 19 heavy (non-hydrogen) atoms. The zero-order valence-corrected chi connectivity index (χ0v) is 12.1. The van der Waals surface area contributed by atoms with E-state index in [1.807, 2.05) is 14.0 Å². The topological polar surface area (TPSA) is 57.0 Å². The largest absolute Gasteiger partial charge is 0.367 e. The standard InChI is InChI=1S/C14H23N3O2/c1-4-19-14(7-5-6-11(2)9-14)13(18)8-12-10-17(3)16-15-12/h10-11H,4-9H2,1-3H3. The van der Waals surface area contributed by atoms with Gasteiger partial charge in [0.05, 0.1) is 12.1 Å². The molecule has 1 aliphatic rings. The first-order valence-electron chi connectivity index (χ1n) is 7.08. The van der Waals surface area contributed by atoms with E-state index >= 15 is 0 Å². The van der Waals surface area contributed by atoms with Crippen molar-refractivity contribution in [3.8, 4) is 0 Å². The number of carbonyl (C=O) groups excluding carboxylic acids is 1. The molecule has 2 atom stereocenters. The minimum Gasteiger partial charge on any atom is -0.367 e. The molecular formula is C14H23N3O2. The van der Waals surface area contributed by atoms with Crippen molar-refractivity contribution in [1.29, 1.82) is 0 Å². The Morgan fingerprint density at radius 1 is 1.63 bits per heavy atom. The van der Waals surface area contributed by atoms with E-state index in [1.165, 1.54) is 6.42 Å². The van der Waals surface area contributed by atoms with Gasteiger partial charge >= 0.3 is 0 Å². The SMILES string of the molecule is CCOC1(C(=O)Cc2cn(C)nn2)CCCC(C)C1. The smallest absolute Gasteiger partial charge is 0.170 e. The molecule has 1 heterocycles. The van der Waals surface area contributed by atoms with Crippen LogP contribution in [-0.4, -0.2) is 33.0 Å². The van der Waals surface area contributed by atoms with Gasteiger partial charge in [-0.25, -0.2) is 0 Å². The fourth-order valence-corrected chi connectivity index (χ4v) is 3.05. The zero-order valence-electron chi connectivity index (χ0n) is 12.1. The lowest BCUT2D eigenvalue weighted by molar-refractivity contribution is -0.150. The van der Waals surface area contributed by atoms with Crippen molar-refractivity contribution in [3.63, 3.8) is 0 Å². The minimum atomic E-state index is -0.593. The average Bonchev–Trinajstić information content (AvgIpc) is 2.75. The van der Waals surface area contributed by atoms with Gasteiger partial charge in [0.1, 0.15) is 5.60 Å². The van der Waals surface area contributed by atoms with Crippen LogP contribution in [0.4, 0.5) is 0 Å². The van der Waals surface area contributed by atoms with Crippen LogP contribution in [0.1, 0.15) is 45.2 Å². The van der Waals surface area contributed by atoms with Crippen molar-refractivity contribution < 1.29 is 9.53 Å². The highest BCUT2D eigenvalue weighted by Crippen LogP contribution is 2.36. The lowest BCUT2D eigenvalue weighted by atomic mass is 9.75. The third kappa shape index (κ3) is 3.21. The van der Waals surface area contributed by atoms with Crippen molar-refractivity contribution >= 4 is 5.78 Å². The van der Waals surface area contributed by atoms with Gasteiger partial charge in [-0.15, -0.1) is 5.10 Å². The fraction of sp³-hybridized carbons (Fsp3) is 0.786. The van der Waals surface area contributed by atoms with Crippen LogP contribution in [0.15, 0.2) is 6.20 Å². The highest BCUT2D eigenvalue weighted by molar-refractivity contribution is 5.89. The first kappa shape index (κ1) is 14.2. The molecule has 1 aliphatic carbocycles. The molecule has 1 aromatic heterocycles. The Kier molecular flexibility index (Phi) is 4.34. The van der Waals surface area contributed by atoms with Gasteiger partial charge in [-0.2, -0.15) is 0 Å². The number of carbonyl (C=O) groups is 1. The molecule has 2 rings (SSSR count). The first-order chi connectivity index (χ1) is 9.05. The molecule has 1 aromatic rings. The predicted octanol–water partition coefficient (Wildman–Crippen LogP) is 1.91. The van der Waals surface area contributed by atoms with E-state index in [0.29, 0.717) is 18.9 Å². The van der Waals surface area contributed by atoms with Gasteiger partial charge < -0.3 is 4.74 Å². The van der Waals surface area contributed by atoms with Gasteiger partial charge in [0, 0.05) is 19.9 Å². The summed E-state index contributed by atoms with van der Waals surface area (Å²) < 4.78 is 7.50. The summed E-state index contributed by atoms with van der Waals surface area (Å²) in [5.41, 5.74) is 0.133. The normalized spacial score (nSPS) is 27.4. The first-order valence-corrected chi connectivity index (χ1v) is 7.08. The summed E-state index contributed by atoms with van der Waals surface area (Å²) in [6.07, 6.45) is 6.04. The summed E-state index contributed by atoms with van der Waals surface area (Å²) >= 11 is 0. The van der Waals surface area contributed by atoms with E-state index in [9.17, 15) is 4.79 Å². The maximum Gasteiger partial charge on any atom is 0.170 e. The Labute approximate surface area is 114 Å². The molecule has 0 N–H and O–H groups in total. The van der Waals surface area contributed by atoms with E-state index in [-0.39, 0.29) is 5.78 Å². The molecule has 106 valence electrons. The number of rotatable bonds is 5. The number of hydrogen-bond donors (Lipinski definition) is 0. The number of hydrogen-bond acceptors (Lipinski definition) is 4. The van der Waals surface area contributed by atoms with Gasteiger partial charge in [-0.1, -0.05) is 18.6 Å². The van der Waals surface area contributed by atoms with E-state index < -0.39 is 5.60 Å². The summed E-state index contributed by atoms with van der Waals surface area (Å²) in [5.74, 6) is 0.701. The van der Waals surface area contributed by atoms with Gasteiger partial charge in [0.25, 0.3) is 0 Å². The van der Waals surface area contributed by atoms with Crippen molar-refractivity contribution in [2.45, 2.75) is 51.6 Å². The molecule has 0 amide bonds. The summed E-state index contributed by atoms with van der Waals surface area (Å²) in [6.45, 7) is 4.73. The second kappa shape index (κ2) is 5.82. The van der Waals surface area contributed by atoms with Crippen molar-refractivity contribution in [1.82, 2.24) is 15.0 Å². The Balaban J connectivity index is 2.11. The summed E-state index contributed by atoms with van der Waals surface area (Å²) in [4.78, 5) is 12.6. The van der Waals surface area contributed by atoms with Crippen LogP contribution in [0.25, 0.3) is 0 Å². The molecule has 5 nitrogen and oxygen atoms in total. The highest BCUT2D eigenvalue weighted by Gasteiger charge is 2.42. The Bertz CT molecular complexity index is 440. The van der Waals surface area contributed by atoms with Gasteiger partial charge in [-0.05, 0) is 32.1 Å². The van der Waals surface area contributed by atoms with Crippen LogP contribution < -0.4 is 0 Å². The molecule has 0 bridgehead atoms. The Morgan fingerprint density at radius 3 is 3.00 bits per heavy atom. The summed E-state index contributed by atoms with van der Waals surface area (Å²) in [7, 11) is 1.81. The van der Waals surface area contributed by atoms with Crippen LogP contribution in [-0.2, 0) is 23.0 Å². The Hall–Kier alpha value is -1.23. The molecule has 0 aliphatic heterocycles. The number of ether oxygens (including phenoxy) is 1. The van der Waals surface area contributed by atoms with Gasteiger partial charge in [0.2, 0.25) is 0 Å². The molecular weight excluding hydrogens is 242 g/mol. The van der Waals surface area contributed by atoms with Crippen molar-refractivity contribution in [3.05, 3.63) is 11.9 Å². The number of nitrogens with zero attached hydrogens (tertiary/aromatic N) is 3. The summed E-state index contributed by atoms with van der Waals surface area (Å²) in [6, 6.07) is 0. The van der Waals surface area contributed by atoms with E-state index in [4.69, 9.17) is 4.74 Å². The average molecular weight is 265 g/mol. The summed E-state index contributed by atoms with van der Waals surface area (Å²) in [5, 5.41) is 7.87. The molecule has 1 fully saturated rings. The quantitative estimate of drug-likeness (QED) is 0.816. The maximum absolute atomic E-state index is 12.6. The molecule has 0 radical (unpaired) electrons. The third-order valence-electron chi connectivity index (χ3n) is 3.88. The third-order valence-corrected chi connectivity index (χ3v) is 3.88. The predicted molar refractivity (Wildman–Crippen MR) is 71.7 cm³/mol. The molecule has 5 heteroatoms. The molecule has 2 unspecified atom stereocenters. The van der Waals surface area contributed by atoms with Crippen LogP contribution in [0.5, 0.6) is 0 Å². The second-order valence-corrected chi connectivity index (χ2v) is 5.61. The van der Waals surface area contributed by atoms with E-state index in [1.54, 1.807) is 10.9 Å². The fourth-order valence-electron chi connectivity index (χ4n) is 3.05. The van der Waals surface area contributed by atoms with Crippen LogP contribution >= 0.6 is 0 Å². The van der Waals surface area contributed by atoms with Crippen LogP contribution in [0, 0.1) is 5.92 Å². The van der Waals surface area contributed by atoms with E-state index in [0.717, 1.165) is 25.0 Å². The molecule has 0 aromatic carbocycles. The second-order valence-electron chi connectivity index (χ2n) is 5.61. The maximum atomic E-state index is 12.6. The number of aryl methyl sites for hydroxylation is 1. The number of ketones is 1. The van der Waals surface area contributed by atoms with Gasteiger partial charge in [0.15, 0.2) is 5.78 Å². The van der Waals surface area contributed by atoms with Crippen molar-refractivity contribution in [2.75, 3.05) is 6.61 Å². The van der Waals surface area contributed by atoms with Crippen LogP contribution in [0.3, 0.4) is 0 Å². The lowest BCUT2D eigenvalue weighted by Gasteiger charge is -2.38. The molecule has 1 saturated carbocycles. The Morgan fingerprint density at radius 2 is 2.42 bits per heavy atom. The molecule has 0 spiro atoms. The zero-order chi connectivity index (χ0) is 13.9. The number of Topliss-reactive ketones (excluding diaryl/α,β-unsaturated/α-hetero) is 1. The van der Waals surface area contributed by atoms with Crippen LogP contribution in [0.2, 0.25) is 0 Å². The number of aromatic nitrogens is 3. The minimum absolute atomic E-state index is 0.154.